The van der Waals surface area contributed by atoms with Crippen LogP contribution in [0.15, 0.2) is 24.4 Å². The fourth-order valence-electron chi connectivity index (χ4n) is 2.66. The van der Waals surface area contributed by atoms with E-state index in [9.17, 15) is 17.6 Å². The molecule has 0 spiro atoms. The molecule has 1 aromatic heterocycles. The molecular weight excluding hydrogens is 346 g/mol. The van der Waals surface area contributed by atoms with Crippen molar-refractivity contribution in [1.82, 2.24) is 14.3 Å². The van der Waals surface area contributed by atoms with Crippen LogP contribution >= 0.6 is 11.9 Å². The Bertz CT molecular complexity index is 717. The summed E-state index contributed by atoms with van der Waals surface area (Å²) >= 11 is -0.224. The van der Waals surface area contributed by atoms with Crippen LogP contribution in [0.3, 0.4) is 0 Å². The number of aromatic nitrogens is 2. The minimum Gasteiger partial charge on any atom is -0.369 e. The lowest BCUT2D eigenvalue weighted by molar-refractivity contribution is -0.0363. The maximum Gasteiger partial charge on any atom is 0.456 e. The van der Waals surface area contributed by atoms with Crippen molar-refractivity contribution in [2.45, 2.75) is 18.6 Å². The number of imidazole rings is 1. The molecule has 2 heterocycles. The van der Waals surface area contributed by atoms with Gasteiger partial charge < -0.3 is 15.6 Å². The number of hydrogen-bond donors (Lipinski definition) is 2. The van der Waals surface area contributed by atoms with Crippen molar-refractivity contribution in [2.75, 3.05) is 23.7 Å². The smallest absolute Gasteiger partial charge is 0.369 e. The third-order valence-corrected chi connectivity index (χ3v) is 4.41. The zero-order valence-electron chi connectivity index (χ0n) is 12.5. The molecule has 1 aliphatic rings. The number of alkyl halides is 3. The molecule has 0 saturated heterocycles. The van der Waals surface area contributed by atoms with Crippen LogP contribution in [-0.4, -0.2) is 32.9 Å². The second-order valence-corrected chi connectivity index (χ2v) is 6.52. The molecule has 0 bridgehead atoms. The summed E-state index contributed by atoms with van der Waals surface area (Å²) < 4.78 is 53.4. The summed E-state index contributed by atoms with van der Waals surface area (Å²) in [5.74, 6) is -0.259. The van der Waals surface area contributed by atoms with E-state index in [4.69, 9.17) is 5.73 Å². The van der Waals surface area contributed by atoms with E-state index in [2.05, 4.69) is 9.97 Å². The van der Waals surface area contributed by atoms with Crippen molar-refractivity contribution in [2.24, 2.45) is 0 Å². The van der Waals surface area contributed by atoms with Crippen molar-refractivity contribution < 1.29 is 17.6 Å². The molecule has 24 heavy (non-hydrogen) atoms. The SMILES string of the molecule is Nc1ncc(CN2CCN(SC(F)(F)F)Cc3c(F)cccc32)[nH]1. The normalized spacial score (nSPS) is 16.1. The van der Waals surface area contributed by atoms with Gasteiger partial charge in [-0.2, -0.15) is 13.2 Å². The maximum atomic E-state index is 14.2. The first-order valence-corrected chi connectivity index (χ1v) is 7.91. The summed E-state index contributed by atoms with van der Waals surface area (Å²) in [6.45, 7) is 0.694. The average molecular weight is 361 g/mol. The number of anilines is 2. The Labute approximate surface area is 140 Å². The van der Waals surface area contributed by atoms with Gasteiger partial charge in [0.25, 0.3) is 0 Å². The quantitative estimate of drug-likeness (QED) is 0.650. The minimum atomic E-state index is -4.40. The van der Waals surface area contributed by atoms with E-state index in [1.165, 1.54) is 6.07 Å². The number of nitrogens with zero attached hydrogens (tertiary/aromatic N) is 3. The Morgan fingerprint density at radius 1 is 1.29 bits per heavy atom. The Hall–Kier alpha value is -1.94. The lowest BCUT2D eigenvalue weighted by Gasteiger charge is -2.24. The molecule has 10 heteroatoms. The van der Waals surface area contributed by atoms with Gasteiger partial charge in [0.1, 0.15) is 5.82 Å². The Morgan fingerprint density at radius 2 is 2.08 bits per heavy atom. The van der Waals surface area contributed by atoms with Gasteiger partial charge in [0.15, 0.2) is 5.95 Å². The molecule has 0 fully saturated rings. The molecule has 1 aromatic carbocycles. The number of benzene rings is 1. The summed E-state index contributed by atoms with van der Waals surface area (Å²) in [6, 6.07) is 4.52. The Balaban J connectivity index is 1.88. The van der Waals surface area contributed by atoms with Crippen LogP contribution < -0.4 is 10.6 Å². The molecule has 0 radical (unpaired) electrons. The van der Waals surface area contributed by atoms with Crippen LogP contribution in [0.4, 0.5) is 29.2 Å². The number of halogens is 4. The number of nitrogens with one attached hydrogen (secondary N) is 1. The zero-order valence-corrected chi connectivity index (χ0v) is 13.3. The van der Waals surface area contributed by atoms with Crippen LogP contribution in [0.5, 0.6) is 0 Å². The third kappa shape index (κ3) is 3.93. The average Bonchev–Trinajstić information content (AvgIpc) is 2.80. The van der Waals surface area contributed by atoms with Crippen molar-refractivity contribution in [3.63, 3.8) is 0 Å². The highest BCUT2D eigenvalue weighted by Gasteiger charge is 2.34. The fraction of sp³-hybridized carbons (Fsp3) is 0.357. The highest BCUT2D eigenvalue weighted by atomic mass is 32.2. The Morgan fingerprint density at radius 3 is 2.75 bits per heavy atom. The molecular formula is C14H15F4N5S. The first-order chi connectivity index (χ1) is 11.3. The van der Waals surface area contributed by atoms with Gasteiger partial charge in [0, 0.05) is 42.8 Å². The largest absolute Gasteiger partial charge is 0.456 e. The standard InChI is InChI=1S/C14H15F4N5S/c15-11-2-1-3-12-10(11)8-23(24-14(16,17)18)5-4-22(12)7-9-6-20-13(19)21-9/h1-3,6H,4-5,7-8H2,(H3,19,20,21). The minimum absolute atomic E-state index is 0.117. The van der Waals surface area contributed by atoms with E-state index in [0.717, 1.165) is 4.31 Å². The molecule has 2 aromatic rings. The van der Waals surface area contributed by atoms with Gasteiger partial charge in [0.2, 0.25) is 0 Å². The van der Waals surface area contributed by atoms with Crippen LogP contribution in [-0.2, 0) is 13.1 Å². The molecule has 0 aliphatic carbocycles. The number of nitrogen functional groups attached to an aromatic ring is 1. The van der Waals surface area contributed by atoms with E-state index < -0.39 is 11.3 Å². The van der Waals surface area contributed by atoms with Crippen molar-refractivity contribution in [3.8, 4) is 0 Å². The highest BCUT2D eigenvalue weighted by molar-refractivity contribution is 7.97. The fourth-order valence-corrected chi connectivity index (χ4v) is 3.32. The molecule has 1 aliphatic heterocycles. The van der Waals surface area contributed by atoms with Crippen molar-refractivity contribution in [3.05, 3.63) is 41.5 Å². The van der Waals surface area contributed by atoms with E-state index >= 15 is 0 Å². The number of nitrogens with two attached hydrogens (primary N) is 1. The number of fused-ring (bicyclic) bond motifs is 1. The van der Waals surface area contributed by atoms with Gasteiger partial charge in [0.05, 0.1) is 18.4 Å². The highest BCUT2D eigenvalue weighted by Crippen LogP contribution is 2.37. The zero-order chi connectivity index (χ0) is 17.3. The molecule has 5 nitrogen and oxygen atoms in total. The number of hydrogen-bond acceptors (Lipinski definition) is 5. The third-order valence-electron chi connectivity index (χ3n) is 3.63. The monoisotopic (exact) mass is 361 g/mol. The van der Waals surface area contributed by atoms with Crippen LogP contribution in [0.1, 0.15) is 11.3 Å². The maximum absolute atomic E-state index is 14.2. The van der Waals surface area contributed by atoms with Crippen LogP contribution in [0.2, 0.25) is 0 Å². The van der Waals surface area contributed by atoms with Gasteiger partial charge in [-0.15, -0.1) is 0 Å². The van der Waals surface area contributed by atoms with E-state index in [1.807, 2.05) is 4.90 Å². The lowest BCUT2D eigenvalue weighted by atomic mass is 10.1. The lowest BCUT2D eigenvalue weighted by Crippen LogP contribution is -2.29. The number of H-pyrrole nitrogens is 1. The number of rotatable bonds is 3. The van der Waals surface area contributed by atoms with Crippen LogP contribution in [0.25, 0.3) is 0 Å². The Kier molecular flexibility index (Phi) is 4.59. The predicted octanol–water partition coefficient (Wildman–Crippen LogP) is 3.12. The topological polar surface area (TPSA) is 61.2 Å². The van der Waals surface area contributed by atoms with E-state index in [1.54, 1.807) is 18.3 Å². The van der Waals surface area contributed by atoms with Gasteiger partial charge in [-0.05, 0) is 12.1 Å². The number of aromatic amines is 1. The first kappa shape index (κ1) is 16.9. The van der Waals surface area contributed by atoms with Crippen molar-refractivity contribution >= 4 is 23.6 Å². The molecule has 0 atom stereocenters. The summed E-state index contributed by atoms with van der Waals surface area (Å²) in [5.41, 5.74) is 2.67. The first-order valence-electron chi connectivity index (χ1n) is 7.14. The molecule has 130 valence electrons. The molecule has 0 saturated carbocycles. The van der Waals surface area contributed by atoms with Gasteiger partial charge in [-0.3, -0.25) is 0 Å². The summed E-state index contributed by atoms with van der Waals surface area (Å²) in [6.07, 6.45) is 1.56. The van der Waals surface area contributed by atoms with E-state index in [0.29, 0.717) is 24.5 Å². The van der Waals surface area contributed by atoms with E-state index in [-0.39, 0.29) is 36.5 Å². The van der Waals surface area contributed by atoms with Crippen molar-refractivity contribution in [1.29, 1.82) is 0 Å². The van der Waals surface area contributed by atoms with Gasteiger partial charge >= 0.3 is 5.51 Å². The second kappa shape index (κ2) is 6.52. The molecule has 3 N–H and O–H groups in total. The summed E-state index contributed by atoms with van der Waals surface area (Å²) in [4.78, 5) is 8.59. The summed E-state index contributed by atoms with van der Waals surface area (Å²) in [5, 5.41) is 0. The molecule has 0 unspecified atom stereocenters. The molecule has 3 rings (SSSR count). The van der Waals surface area contributed by atoms with Crippen LogP contribution in [0, 0.1) is 5.82 Å². The molecule has 0 amide bonds. The second-order valence-electron chi connectivity index (χ2n) is 5.35. The summed E-state index contributed by atoms with van der Waals surface area (Å²) in [7, 11) is 0. The predicted molar refractivity (Wildman–Crippen MR) is 84.5 cm³/mol. The van der Waals surface area contributed by atoms with Gasteiger partial charge in [-0.25, -0.2) is 13.7 Å². The van der Waals surface area contributed by atoms with Gasteiger partial charge in [-0.1, -0.05) is 6.07 Å².